The molecule has 1 aliphatic heterocycles. The Balaban J connectivity index is 1.67. The molecule has 0 bridgehead atoms. The second kappa shape index (κ2) is 10.6. The van der Waals surface area contributed by atoms with E-state index in [1.165, 1.54) is 0 Å². The lowest BCUT2D eigenvalue weighted by molar-refractivity contribution is 0.0922. The van der Waals surface area contributed by atoms with Crippen LogP contribution in [0.25, 0.3) is 11.1 Å². The van der Waals surface area contributed by atoms with E-state index in [4.69, 9.17) is 14.0 Å². The Morgan fingerprint density at radius 2 is 1.74 bits per heavy atom. The number of hydrogen-bond acceptors (Lipinski definition) is 6. The molecule has 168 valence electrons. The molecule has 3 rings (SSSR count). The highest BCUT2D eigenvalue weighted by atomic mass is 32.1. The number of carbonyl (C=O) groups excluding carboxylic acids is 1. The summed E-state index contributed by atoms with van der Waals surface area (Å²) in [5, 5.41) is 3.10. The standard InChI is InChI=1S/C22H29N2O5PS/c1-27-20-12-18(13-21(14-20)28-2)16-5-4-6-17(11-16)22(25)23-19-7-9-24(10-8-19)30(3,26)29-15-31/h4-6,11-14,19,31H,7-10,15H2,1-3H3,(H,23,25). The molecule has 31 heavy (non-hydrogen) atoms. The second-order valence-electron chi connectivity index (χ2n) is 7.44. The Morgan fingerprint density at radius 3 is 2.32 bits per heavy atom. The topological polar surface area (TPSA) is 77.1 Å². The van der Waals surface area contributed by atoms with Crippen molar-refractivity contribution in [1.82, 2.24) is 9.99 Å². The van der Waals surface area contributed by atoms with E-state index in [-0.39, 0.29) is 17.9 Å². The molecule has 7 nitrogen and oxygen atoms in total. The number of methoxy groups -OCH3 is 2. The van der Waals surface area contributed by atoms with Gasteiger partial charge in [-0.1, -0.05) is 12.1 Å². The van der Waals surface area contributed by atoms with Crippen molar-refractivity contribution in [2.45, 2.75) is 18.9 Å². The maximum absolute atomic E-state index is 12.9. The first-order valence-electron chi connectivity index (χ1n) is 10.1. The Hall–Kier alpha value is -1.99. The maximum atomic E-state index is 12.9. The zero-order valence-corrected chi connectivity index (χ0v) is 19.8. The molecule has 1 amide bonds. The molecular formula is C22H29N2O5PS. The first-order valence-corrected chi connectivity index (χ1v) is 12.7. The van der Waals surface area contributed by atoms with Crippen molar-refractivity contribution < 1.29 is 23.4 Å². The third-order valence-corrected chi connectivity index (χ3v) is 7.80. The van der Waals surface area contributed by atoms with Gasteiger partial charge in [-0.25, -0.2) is 4.67 Å². The molecule has 1 atom stereocenters. The van der Waals surface area contributed by atoms with Crippen LogP contribution in [0.2, 0.25) is 0 Å². The Bertz CT molecular complexity index is 940. The first kappa shape index (κ1) is 23.7. The van der Waals surface area contributed by atoms with Crippen molar-refractivity contribution in [2.75, 3.05) is 39.9 Å². The van der Waals surface area contributed by atoms with E-state index >= 15 is 0 Å². The average molecular weight is 465 g/mol. The summed E-state index contributed by atoms with van der Waals surface area (Å²) in [6, 6.07) is 13.1. The monoisotopic (exact) mass is 464 g/mol. The van der Waals surface area contributed by atoms with Crippen LogP contribution in [-0.2, 0) is 9.09 Å². The number of ether oxygens (including phenoxy) is 2. The zero-order chi connectivity index (χ0) is 22.4. The van der Waals surface area contributed by atoms with Gasteiger partial charge in [0.05, 0.1) is 20.2 Å². The van der Waals surface area contributed by atoms with E-state index in [1.54, 1.807) is 27.0 Å². The summed E-state index contributed by atoms with van der Waals surface area (Å²) in [5.74, 6) is 1.37. The van der Waals surface area contributed by atoms with E-state index in [9.17, 15) is 9.36 Å². The van der Waals surface area contributed by atoms with E-state index in [0.29, 0.717) is 43.0 Å². The van der Waals surface area contributed by atoms with E-state index < -0.39 is 7.52 Å². The van der Waals surface area contributed by atoms with Gasteiger partial charge in [0.1, 0.15) is 11.5 Å². The Morgan fingerprint density at radius 1 is 1.10 bits per heavy atom. The van der Waals surface area contributed by atoms with Gasteiger partial charge in [-0.15, -0.1) is 0 Å². The van der Waals surface area contributed by atoms with Crippen LogP contribution < -0.4 is 14.8 Å². The molecule has 0 aliphatic carbocycles. The summed E-state index contributed by atoms with van der Waals surface area (Å²) < 4.78 is 30.4. The molecule has 1 N–H and O–H groups in total. The summed E-state index contributed by atoms with van der Waals surface area (Å²) in [6.45, 7) is 2.83. The number of nitrogens with zero attached hydrogens (tertiary/aromatic N) is 1. The molecular weight excluding hydrogens is 435 g/mol. The minimum atomic E-state index is -2.82. The summed E-state index contributed by atoms with van der Waals surface area (Å²) in [6.07, 6.45) is 1.43. The van der Waals surface area contributed by atoms with Crippen molar-refractivity contribution in [1.29, 1.82) is 0 Å². The predicted molar refractivity (Wildman–Crippen MR) is 126 cm³/mol. The number of thiol groups is 1. The SMILES string of the molecule is COc1cc(OC)cc(-c2cccc(C(=O)NC3CCN(P(C)(=O)OCS)CC3)c2)c1. The zero-order valence-electron chi connectivity index (χ0n) is 18.0. The van der Waals surface area contributed by atoms with Crippen molar-refractivity contribution in [3.8, 4) is 22.6 Å². The molecule has 2 aromatic carbocycles. The third-order valence-electron chi connectivity index (χ3n) is 5.43. The number of hydrogen-bond donors (Lipinski definition) is 2. The van der Waals surface area contributed by atoms with E-state index in [0.717, 1.165) is 11.1 Å². The van der Waals surface area contributed by atoms with Crippen LogP contribution in [0.1, 0.15) is 23.2 Å². The van der Waals surface area contributed by atoms with E-state index in [2.05, 4.69) is 17.9 Å². The number of nitrogens with one attached hydrogen (secondary N) is 1. The van der Waals surface area contributed by atoms with Crippen molar-refractivity contribution in [2.24, 2.45) is 0 Å². The van der Waals surface area contributed by atoms with Crippen LogP contribution in [0.3, 0.4) is 0 Å². The van der Waals surface area contributed by atoms with E-state index in [1.807, 2.05) is 41.1 Å². The van der Waals surface area contributed by atoms with Gasteiger partial charge in [-0.3, -0.25) is 9.36 Å². The summed E-state index contributed by atoms with van der Waals surface area (Å²) in [7, 11) is 0.396. The first-order chi connectivity index (χ1) is 14.9. The quantitative estimate of drug-likeness (QED) is 0.345. The van der Waals surface area contributed by atoms with Crippen LogP contribution >= 0.6 is 20.1 Å². The highest BCUT2D eigenvalue weighted by Crippen LogP contribution is 2.48. The van der Waals surface area contributed by atoms with Gasteiger partial charge in [-0.2, -0.15) is 12.6 Å². The minimum Gasteiger partial charge on any atom is -0.497 e. The second-order valence-corrected chi connectivity index (χ2v) is 10.1. The lowest BCUT2D eigenvalue weighted by Gasteiger charge is -2.35. The minimum absolute atomic E-state index is 0.0281. The fraction of sp³-hybridized carbons (Fsp3) is 0.409. The lowest BCUT2D eigenvalue weighted by atomic mass is 10.0. The van der Waals surface area contributed by atoms with Crippen LogP contribution in [0.5, 0.6) is 11.5 Å². The van der Waals surface area contributed by atoms with Crippen molar-refractivity contribution in [3.63, 3.8) is 0 Å². The van der Waals surface area contributed by atoms with Gasteiger partial charge in [0.25, 0.3) is 13.4 Å². The maximum Gasteiger partial charge on any atom is 0.270 e. The smallest absolute Gasteiger partial charge is 0.270 e. The number of rotatable bonds is 8. The largest absolute Gasteiger partial charge is 0.497 e. The fourth-order valence-electron chi connectivity index (χ4n) is 3.65. The lowest BCUT2D eigenvalue weighted by Crippen LogP contribution is -2.43. The Labute approximate surface area is 189 Å². The van der Waals surface area contributed by atoms with Gasteiger partial charge in [0, 0.05) is 37.4 Å². The summed E-state index contributed by atoms with van der Waals surface area (Å²) in [4.78, 5) is 12.9. The normalized spacial score (nSPS) is 17.0. The molecule has 1 unspecified atom stereocenters. The highest BCUT2D eigenvalue weighted by molar-refractivity contribution is 7.80. The van der Waals surface area contributed by atoms with Gasteiger partial charge in [0.2, 0.25) is 0 Å². The molecule has 1 fully saturated rings. The summed E-state index contributed by atoms with van der Waals surface area (Å²) in [5.41, 5.74) is 2.39. The molecule has 0 spiro atoms. The van der Waals surface area contributed by atoms with Crippen LogP contribution in [0, 0.1) is 0 Å². The molecule has 1 saturated heterocycles. The number of carbonyl (C=O) groups is 1. The van der Waals surface area contributed by atoms with Crippen LogP contribution in [-0.4, -0.2) is 56.5 Å². The molecule has 9 heteroatoms. The number of amides is 1. The molecule has 2 aromatic rings. The van der Waals surface area contributed by atoms with Crippen LogP contribution in [0.4, 0.5) is 0 Å². The van der Waals surface area contributed by atoms with Gasteiger partial charge in [0.15, 0.2) is 0 Å². The third kappa shape index (κ3) is 6.04. The number of piperidine rings is 1. The molecule has 0 radical (unpaired) electrons. The molecule has 0 aromatic heterocycles. The van der Waals surface area contributed by atoms with Gasteiger partial charge >= 0.3 is 0 Å². The molecule has 1 heterocycles. The average Bonchev–Trinajstić information content (AvgIpc) is 2.79. The highest BCUT2D eigenvalue weighted by Gasteiger charge is 2.31. The van der Waals surface area contributed by atoms with Crippen molar-refractivity contribution >= 4 is 26.1 Å². The van der Waals surface area contributed by atoms with Crippen molar-refractivity contribution in [3.05, 3.63) is 48.0 Å². The van der Waals surface area contributed by atoms with Gasteiger partial charge < -0.3 is 19.3 Å². The predicted octanol–water partition coefficient (Wildman–Crippen LogP) is 4.29. The van der Waals surface area contributed by atoms with Crippen LogP contribution in [0.15, 0.2) is 42.5 Å². The fourth-order valence-corrected chi connectivity index (χ4v) is 5.62. The Kier molecular flexibility index (Phi) is 8.06. The number of benzene rings is 2. The molecule has 1 aliphatic rings. The molecule has 0 saturated carbocycles. The summed E-state index contributed by atoms with van der Waals surface area (Å²) >= 11 is 4.00. The van der Waals surface area contributed by atoms with Gasteiger partial charge in [-0.05, 0) is 48.2 Å².